The fourth-order valence-corrected chi connectivity index (χ4v) is 2.41. The van der Waals surface area contributed by atoms with Crippen molar-refractivity contribution < 1.29 is 5.21 Å². The molecule has 2 heteroatoms. The molecule has 1 N–H and O–H groups in total. The fourth-order valence-electron chi connectivity index (χ4n) is 2.41. The summed E-state index contributed by atoms with van der Waals surface area (Å²) >= 11 is 0. The summed E-state index contributed by atoms with van der Waals surface area (Å²) < 4.78 is 0. The smallest absolute Gasteiger partial charge is 0.0660 e. The van der Waals surface area contributed by atoms with Gasteiger partial charge in [-0.05, 0) is 18.8 Å². The van der Waals surface area contributed by atoms with E-state index in [0.717, 1.165) is 5.71 Å². The molecule has 0 aliphatic heterocycles. The molecule has 15 heavy (non-hydrogen) atoms. The van der Waals surface area contributed by atoms with Gasteiger partial charge in [0.15, 0.2) is 0 Å². The summed E-state index contributed by atoms with van der Waals surface area (Å²) in [5.74, 6) is 1.03. The van der Waals surface area contributed by atoms with Crippen LogP contribution in [0.2, 0.25) is 0 Å². The van der Waals surface area contributed by atoms with Crippen LogP contribution in [0.25, 0.3) is 0 Å². The molecule has 0 aromatic heterocycles. The maximum absolute atomic E-state index is 9.25. The molecule has 0 saturated heterocycles. The molecule has 0 heterocycles. The van der Waals surface area contributed by atoms with Crippen molar-refractivity contribution in [2.75, 3.05) is 0 Å². The van der Waals surface area contributed by atoms with Gasteiger partial charge in [0.05, 0.1) is 5.71 Å². The van der Waals surface area contributed by atoms with E-state index in [4.69, 9.17) is 0 Å². The minimum atomic E-state index is 0.0246. The molecule has 1 rings (SSSR count). The van der Waals surface area contributed by atoms with Crippen LogP contribution in [0.5, 0.6) is 0 Å². The van der Waals surface area contributed by atoms with Gasteiger partial charge in [0, 0.05) is 11.3 Å². The molecule has 0 atom stereocenters. The van der Waals surface area contributed by atoms with Crippen LogP contribution in [0, 0.1) is 17.3 Å². The molecular weight excluding hydrogens is 186 g/mol. The highest BCUT2D eigenvalue weighted by molar-refractivity contribution is 5.91. The largest absolute Gasteiger partial charge is 0.411 e. The highest BCUT2D eigenvalue weighted by Crippen LogP contribution is 2.36. The maximum Gasteiger partial charge on any atom is 0.0660 e. The quantitative estimate of drug-likeness (QED) is 0.426. The van der Waals surface area contributed by atoms with Crippen molar-refractivity contribution in [3.05, 3.63) is 0 Å². The Labute approximate surface area is 93.8 Å². The predicted octanol–water partition coefficient (Wildman–Crippen LogP) is 4.08. The Morgan fingerprint density at radius 1 is 1.20 bits per heavy atom. The van der Waals surface area contributed by atoms with Gasteiger partial charge in [-0.15, -0.1) is 0 Å². The first-order chi connectivity index (χ1) is 7.00. The monoisotopic (exact) mass is 211 g/mol. The third-order valence-corrected chi connectivity index (χ3v) is 4.20. The number of nitrogens with zero attached hydrogens (tertiary/aromatic N) is 1. The van der Waals surface area contributed by atoms with E-state index < -0.39 is 0 Å². The van der Waals surface area contributed by atoms with E-state index in [1.165, 1.54) is 32.1 Å². The van der Waals surface area contributed by atoms with E-state index in [2.05, 4.69) is 32.9 Å². The average Bonchev–Trinajstić information content (AvgIpc) is 2.19. The summed E-state index contributed by atoms with van der Waals surface area (Å²) in [6.07, 6.45) is 6.33. The molecule has 88 valence electrons. The summed E-state index contributed by atoms with van der Waals surface area (Å²) in [5.41, 5.74) is 1.05. The SMILES string of the molecule is CC(C)C(C)(C)C(=NO)C1CCCCC1. The molecule has 1 aliphatic carbocycles. The van der Waals surface area contributed by atoms with Crippen LogP contribution in [0.3, 0.4) is 0 Å². The van der Waals surface area contributed by atoms with Crippen LogP contribution < -0.4 is 0 Å². The van der Waals surface area contributed by atoms with E-state index in [0.29, 0.717) is 11.8 Å². The molecular formula is C13H25NO. The lowest BCUT2D eigenvalue weighted by Crippen LogP contribution is -2.36. The molecule has 0 unspecified atom stereocenters. The Hall–Kier alpha value is -0.530. The Morgan fingerprint density at radius 3 is 2.13 bits per heavy atom. The number of rotatable bonds is 3. The van der Waals surface area contributed by atoms with E-state index in [1.807, 2.05) is 0 Å². The lowest BCUT2D eigenvalue weighted by atomic mass is 9.69. The third-order valence-electron chi connectivity index (χ3n) is 4.20. The van der Waals surface area contributed by atoms with Gasteiger partial charge in [0.2, 0.25) is 0 Å². The zero-order chi connectivity index (χ0) is 11.5. The van der Waals surface area contributed by atoms with Crippen LogP contribution in [0.1, 0.15) is 59.8 Å². The van der Waals surface area contributed by atoms with Gasteiger partial charge >= 0.3 is 0 Å². The van der Waals surface area contributed by atoms with Crippen LogP contribution in [-0.2, 0) is 0 Å². The van der Waals surface area contributed by atoms with Crippen LogP contribution >= 0.6 is 0 Å². The van der Waals surface area contributed by atoms with Crippen LogP contribution in [0.4, 0.5) is 0 Å². The first kappa shape index (κ1) is 12.5. The second-order valence-electron chi connectivity index (χ2n) is 5.70. The maximum atomic E-state index is 9.25. The molecule has 2 nitrogen and oxygen atoms in total. The van der Waals surface area contributed by atoms with E-state index in [-0.39, 0.29) is 5.41 Å². The molecule has 1 saturated carbocycles. The Morgan fingerprint density at radius 2 is 1.73 bits per heavy atom. The van der Waals surface area contributed by atoms with E-state index >= 15 is 0 Å². The van der Waals surface area contributed by atoms with Crippen molar-refractivity contribution in [2.45, 2.75) is 59.8 Å². The molecule has 1 fully saturated rings. The van der Waals surface area contributed by atoms with E-state index in [1.54, 1.807) is 0 Å². The van der Waals surface area contributed by atoms with Crippen LogP contribution in [0.15, 0.2) is 5.16 Å². The zero-order valence-electron chi connectivity index (χ0n) is 10.6. The van der Waals surface area contributed by atoms with Gasteiger partial charge in [-0.3, -0.25) is 0 Å². The van der Waals surface area contributed by atoms with E-state index in [9.17, 15) is 5.21 Å². The summed E-state index contributed by atoms with van der Waals surface area (Å²) in [6.45, 7) is 8.80. The number of oxime groups is 1. The van der Waals surface area contributed by atoms with Gasteiger partial charge in [-0.2, -0.15) is 0 Å². The Balaban J connectivity index is 2.78. The zero-order valence-corrected chi connectivity index (χ0v) is 10.6. The predicted molar refractivity (Wildman–Crippen MR) is 64.4 cm³/mol. The number of hydrogen-bond acceptors (Lipinski definition) is 2. The lowest BCUT2D eigenvalue weighted by molar-refractivity contribution is 0.271. The molecule has 0 bridgehead atoms. The molecule has 1 aliphatic rings. The van der Waals surface area contributed by atoms with Gasteiger partial charge in [-0.1, -0.05) is 52.1 Å². The summed E-state index contributed by atoms with van der Waals surface area (Å²) in [6, 6.07) is 0. The topological polar surface area (TPSA) is 32.6 Å². The highest BCUT2D eigenvalue weighted by Gasteiger charge is 2.35. The van der Waals surface area contributed by atoms with Crippen molar-refractivity contribution >= 4 is 5.71 Å². The summed E-state index contributed by atoms with van der Waals surface area (Å²) in [5, 5.41) is 12.9. The normalized spacial score (nSPS) is 21.0. The van der Waals surface area contributed by atoms with Crippen LogP contribution in [-0.4, -0.2) is 10.9 Å². The average molecular weight is 211 g/mol. The fraction of sp³-hybridized carbons (Fsp3) is 0.923. The molecule has 0 radical (unpaired) electrons. The van der Waals surface area contributed by atoms with Gasteiger partial charge < -0.3 is 5.21 Å². The minimum absolute atomic E-state index is 0.0246. The Kier molecular flexibility index (Phi) is 4.18. The minimum Gasteiger partial charge on any atom is -0.411 e. The van der Waals surface area contributed by atoms with Crippen molar-refractivity contribution in [1.82, 2.24) is 0 Å². The van der Waals surface area contributed by atoms with Crippen molar-refractivity contribution in [1.29, 1.82) is 0 Å². The third kappa shape index (κ3) is 2.73. The highest BCUT2D eigenvalue weighted by atomic mass is 16.4. The molecule has 0 aromatic carbocycles. The lowest BCUT2D eigenvalue weighted by Gasteiger charge is -2.35. The summed E-state index contributed by atoms with van der Waals surface area (Å²) in [7, 11) is 0. The molecule has 0 spiro atoms. The van der Waals surface area contributed by atoms with Crippen molar-refractivity contribution in [2.24, 2.45) is 22.4 Å². The van der Waals surface area contributed by atoms with Gasteiger partial charge in [0.1, 0.15) is 0 Å². The van der Waals surface area contributed by atoms with Crippen molar-refractivity contribution in [3.63, 3.8) is 0 Å². The second-order valence-corrected chi connectivity index (χ2v) is 5.70. The molecule has 0 aromatic rings. The Bertz CT molecular complexity index is 225. The molecule has 0 amide bonds. The van der Waals surface area contributed by atoms with Crippen molar-refractivity contribution in [3.8, 4) is 0 Å². The standard InChI is InChI=1S/C13H25NO/c1-10(2)13(3,4)12(14-15)11-8-6-5-7-9-11/h10-11,15H,5-9H2,1-4H3. The van der Waals surface area contributed by atoms with Gasteiger partial charge in [-0.25, -0.2) is 0 Å². The first-order valence-electron chi connectivity index (χ1n) is 6.22. The second kappa shape index (κ2) is 5.00. The first-order valence-corrected chi connectivity index (χ1v) is 6.22. The summed E-state index contributed by atoms with van der Waals surface area (Å²) in [4.78, 5) is 0. The van der Waals surface area contributed by atoms with Gasteiger partial charge in [0.25, 0.3) is 0 Å². The number of hydrogen-bond donors (Lipinski definition) is 1.